The molecule has 0 saturated heterocycles. The van der Waals surface area contributed by atoms with Gasteiger partial charge in [-0.25, -0.2) is 4.57 Å². The molecule has 0 atom stereocenters. The predicted octanol–water partition coefficient (Wildman–Crippen LogP) is 6.69. The lowest BCUT2D eigenvalue weighted by Crippen LogP contribution is -2.30. The summed E-state index contributed by atoms with van der Waals surface area (Å²) in [6.07, 6.45) is 2.20. The van der Waals surface area contributed by atoms with Crippen molar-refractivity contribution >= 4 is 43.5 Å². The smallest absolute Gasteiger partial charge is 0.217 e. The van der Waals surface area contributed by atoms with E-state index in [9.17, 15) is 0 Å². The number of hydrogen-bond donors (Lipinski definition) is 0. The summed E-state index contributed by atoms with van der Waals surface area (Å²) in [6.45, 7) is 2.21. The minimum absolute atomic E-state index is 0.933. The number of pyridine rings is 1. The lowest BCUT2D eigenvalue weighted by atomic mass is 9.92. The molecule has 0 spiro atoms. The molecule has 0 unspecified atom stereocenters. The highest BCUT2D eigenvalue weighted by Gasteiger charge is 2.24. The van der Waals surface area contributed by atoms with E-state index in [1.807, 2.05) is 6.07 Å². The quantitative estimate of drug-likeness (QED) is 0.293. The molecule has 0 fully saturated rings. The number of fused-ring (bicyclic) bond motifs is 6. The van der Waals surface area contributed by atoms with Crippen molar-refractivity contribution in [1.29, 1.82) is 0 Å². The highest BCUT2D eigenvalue weighted by atomic mass is 16.3. The Morgan fingerprint density at radius 1 is 0.724 bits per heavy atom. The summed E-state index contributed by atoms with van der Waals surface area (Å²) < 4.78 is 8.70. The van der Waals surface area contributed by atoms with Crippen LogP contribution in [0.5, 0.6) is 0 Å². The van der Waals surface area contributed by atoms with Crippen molar-refractivity contribution in [3.05, 3.63) is 90.6 Å². The van der Waals surface area contributed by atoms with E-state index in [1.165, 1.54) is 43.4 Å². The molecular weight excluding hydrogens is 354 g/mol. The molecule has 0 aliphatic heterocycles. The van der Waals surface area contributed by atoms with Crippen LogP contribution in [0.15, 0.2) is 89.5 Å². The lowest BCUT2D eigenvalue weighted by molar-refractivity contribution is -0.659. The summed E-state index contributed by atoms with van der Waals surface area (Å²) in [5.74, 6) is 0. The molecular formula is C27H20NO+. The average molecular weight is 374 g/mol. The maximum absolute atomic E-state index is 6.48. The average Bonchev–Trinajstić information content (AvgIpc) is 3.13. The van der Waals surface area contributed by atoms with Gasteiger partial charge in [-0.05, 0) is 40.8 Å². The first-order chi connectivity index (χ1) is 14.2. The van der Waals surface area contributed by atoms with E-state index >= 15 is 0 Å². The van der Waals surface area contributed by atoms with Gasteiger partial charge in [0.1, 0.15) is 18.2 Å². The van der Waals surface area contributed by atoms with E-state index in [0.29, 0.717) is 0 Å². The Balaban J connectivity index is 1.86. The first-order valence-corrected chi connectivity index (χ1v) is 9.94. The van der Waals surface area contributed by atoms with Gasteiger partial charge < -0.3 is 4.42 Å². The fraction of sp³-hybridized carbons (Fsp3) is 0.0741. The third-order valence-corrected chi connectivity index (χ3v) is 6.06. The predicted molar refractivity (Wildman–Crippen MR) is 120 cm³/mol. The number of nitrogens with zero attached hydrogens (tertiary/aromatic N) is 1. The maximum Gasteiger partial charge on any atom is 0.217 e. The highest BCUT2D eigenvalue weighted by Crippen LogP contribution is 2.42. The van der Waals surface area contributed by atoms with E-state index in [4.69, 9.17) is 4.42 Å². The molecule has 6 aromatic rings. The Hall–Kier alpha value is -3.65. The Morgan fingerprint density at radius 2 is 1.38 bits per heavy atom. The monoisotopic (exact) mass is 374 g/mol. The van der Waals surface area contributed by atoms with Gasteiger partial charge in [-0.15, -0.1) is 0 Å². The molecule has 0 saturated carbocycles. The second-order valence-electron chi connectivity index (χ2n) is 7.75. The van der Waals surface area contributed by atoms with Gasteiger partial charge in [0, 0.05) is 22.2 Å². The van der Waals surface area contributed by atoms with Crippen molar-refractivity contribution in [3.63, 3.8) is 0 Å². The lowest BCUT2D eigenvalue weighted by Gasteiger charge is -2.11. The summed E-state index contributed by atoms with van der Waals surface area (Å²) in [4.78, 5) is 0. The largest absolute Gasteiger partial charge is 0.455 e. The van der Waals surface area contributed by atoms with Crippen LogP contribution in [0.1, 0.15) is 5.56 Å². The first kappa shape index (κ1) is 16.3. The highest BCUT2D eigenvalue weighted by molar-refractivity contribution is 6.23. The summed E-state index contributed by atoms with van der Waals surface area (Å²) in [6, 6.07) is 27.8. The molecule has 2 heteroatoms. The van der Waals surface area contributed by atoms with Crippen LogP contribution in [0, 0.1) is 6.92 Å². The van der Waals surface area contributed by atoms with Crippen molar-refractivity contribution in [1.82, 2.24) is 0 Å². The van der Waals surface area contributed by atoms with Crippen LogP contribution in [0.2, 0.25) is 0 Å². The van der Waals surface area contributed by atoms with Crippen molar-refractivity contribution in [2.24, 2.45) is 7.05 Å². The van der Waals surface area contributed by atoms with Crippen LogP contribution in [-0.2, 0) is 7.05 Å². The standard InChI is InChI=1S/C27H20NO/c1-17-20-11-5-6-12-21(20)26-22-13-7-8-14-24(22)29-27(26)25(17)23-15-18-9-3-4-10-19(18)16-28(23)2/h3-16H,1-2H3/q+1. The zero-order valence-corrected chi connectivity index (χ0v) is 16.4. The molecule has 0 radical (unpaired) electrons. The van der Waals surface area contributed by atoms with Gasteiger partial charge in [0.15, 0.2) is 6.20 Å². The zero-order chi connectivity index (χ0) is 19.5. The Labute approximate surface area is 168 Å². The van der Waals surface area contributed by atoms with Crippen LogP contribution in [0.25, 0.3) is 54.7 Å². The van der Waals surface area contributed by atoms with E-state index in [2.05, 4.69) is 97.5 Å². The fourth-order valence-electron chi connectivity index (χ4n) is 4.67. The molecule has 0 aliphatic rings. The maximum atomic E-state index is 6.48. The number of rotatable bonds is 1. The third kappa shape index (κ3) is 2.26. The third-order valence-electron chi connectivity index (χ3n) is 6.06. The number of furan rings is 1. The van der Waals surface area contributed by atoms with Gasteiger partial charge in [-0.1, -0.05) is 60.7 Å². The van der Waals surface area contributed by atoms with Crippen LogP contribution in [0.4, 0.5) is 0 Å². The number of para-hydroxylation sites is 1. The molecule has 29 heavy (non-hydrogen) atoms. The molecule has 4 aromatic carbocycles. The second-order valence-corrected chi connectivity index (χ2v) is 7.75. The molecule has 0 aliphatic carbocycles. The topological polar surface area (TPSA) is 17.0 Å². The van der Waals surface area contributed by atoms with E-state index in [-0.39, 0.29) is 0 Å². The molecule has 6 rings (SSSR count). The summed E-state index contributed by atoms with van der Waals surface area (Å²) >= 11 is 0. The molecule has 0 N–H and O–H groups in total. The van der Waals surface area contributed by atoms with Gasteiger partial charge in [0.25, 0.3) is 0 Å². The fourth-order valence-corrected chi connectivity index (χ4v) is 4.67. The number of benzene rings is 4. The van der Waals surface area contributed by atoms with Crippen LogP contribution in [0.3, 0.4) is 0 Å². The number of hydrogen-bond acceptors (Lipinski definition) is 1. The Morgan fingerprint density at radius 3 is 2.21 bits per heavy atom. The second kappa shape index (κ2) is 5.92. The van der Waals surface area contributed by atoms with Crippen molar-refractivity contribution in [2.75, 3.05) is 0 Å². The van der Waals surface area contributed by atoms with Crippen molar-refractivity contribution < 1.29 is 8.98 Å². The summed E-state index contributed by atoms with van der Waals surface area (Å²) in [5, 5.41) is 7.36. The summed E-state index contributed by atoms with van der Waals surface area (Å²) in [7, 11) is 2.12. The number of aromatic nitrogens is 1. The summed E-state index contributed by atoms with van der Waals surface area (Å²) in [5.41, 5.74) is 5.48. The van der Waals surface area contributed by atoms with Gasteiger partial charge in [-0.3, -0.25) is 0 Å². The molecule has 0 amide bonds. The van der Waals surface area contributed by atoms with Crippen molar-refractivity contribution in [2.45, 2.75) is 6.92 Å². The zero-order valence-electron chi connectivity index (χ0n) is 16.4. The van der Waals surface area contributed by atoms with E-state index < -0.39 is 0 Å². The molecule has 2 heterocycles. The normalized spacial score (nSPS) is 11.8. The Kier molecular flexibility index (Phi) is 3.33. The van der Waals surface area contributed by atoms with Gasteiger partial charge in [0.2, 0.25) is 5.69 Å². The van der Waals surface area contributed by atoms with Crippen LogP contribution < -0.4 is 4.57 Å². The number of aryl methyl sites for hydroxylation is 2. The first-order valence-electron chi connectivity index (χ1n) is 9.94. The molecule has 2 aromatic heterocycles. The molecule has 0 bridgehead atoms. The van der Waals surface area contributed by atoms with Crippen LogP contribution in [-0.4, -0.2) is 0 Å². The molecule has 138 valence electrons. The van der Waals surface area contributed by atoms with Gasteiger partial charge >= 0.3 is 0 Å². The van der Waals surface area contributed by atoms with E-state index in [0.717, 1.165) is 16.9 Å². The Bertz CT molecular complexity index is 1570. The van der Waals surface area contributed by atoms with Gasteiger partial charge in [-0.2, -0.15) is 0 Å². The SMILES string of the molecule is Cc1c(-c2cc3ccccc3c[n+]2C)c2oc3ccccc3c2c2ccccc12. The van der Waals surface area contributed by atoms with E-state index in [1.54, 1.807) is 0 Å². The minimum atomic E-state index is 0.933. The molecule has 2 nitrogen and oxygen atoms in total. The van der Waals surface area contributed by atoms with Crippen LogP contribution >= 0.6 is 0 Å². The minimum Gasteiger partial charge on any atom is -0.455 e. The van der Waals surface area contributed by atoms with Crippen molar-refractivity contribution in [3.8, 4) is 11.3 Å². The van der Waals surface area contributed by atoms with Gasteiger partial charge in [0.05, 0.1) is 5.56 Å².